The third kappa shape index (κ3) is 3.49. The first-order chi connectivity index (χ1) is 11.5. The van der Waals surface area contributed by atoms with Crippen molar-refractivity contribution in [3.63, 3.8) is 0 Å². The van der Waals surface area contributed by atoms with E-state index in [1.54, 1.807) is 6.07 Å². The number of fused-ring (bicyclic) bond motifs is 1. The minimum absolute atomic E-state index is 0.0615. The summed E-state index contributed by atoms with van der Waals surface area (Å²) in [5, 5.41) is 2.91. The molecule has 0 aromatic heterocycles. The second-order valence-electron chi connectivity index (χ2n) is 6.75. The fourth-order valence-corrected chi connectivity index (χ4v) is 5.13. The van der Waals surface area contributed by atoms with Crippen LogP contribution in [0.5, 0.6) is 0 Å². The highest BCUT2D eigenvalue weighted by molar-refractivity contribution is 7.89. The van der Waals surface area contributed by atoms with E-state index in [9.17, 15) is 13.2 Å². The maximum absolute atomic E-state index is 12.9. The van der Waals surface area contributed by atoms with Gasteiger partial charge in [0.15, 0.2) is 0 Å². The summed E-state index contributed by atoms with van der Waals surface area (Å²) in [6, 6.07) is 5.54. The summed E-state index contributed by atoms with van der Waals surface area (Å²) >= 11 is 0. The number of aryl methyl sites for hydroxylation is 2. The normalized spacial score (nSPS) is 19.2. The van der Waals surface area contributed by atoms with Crippen LogP contribution in [-0.2, 0) is 27.7 Å². The van der Waals surface area contributed by atoms with Crippen molar-refractivity contribution in [3.05, 3.63) is 29.3 Å². The number of hydrogen-bond acceptors (Lipinski definition) is 3. The molecule has 1 aromatic rings. The molecule has 1 aromatic carbocycles. The molecule has 6 heteroatoms. The number of nitrogens with one attached hydrogen (secondary N) is 1. The number of carbonyl (C=O) groups is 1. The first-order valence-electron chi connectivity index (χ1n) is 8.92. The van der Waals surface area contributed by atoms with Crippen molar-refractivity contribution >= 4 is 15.9 Å². The van der Waals surface area contributed by atoms with Crippen molar-refractivity contribution in [1.29, 1.82) is 0 Å². The van der Waals surface area contributed by atoms with Crippen molar-refractivity contribution in [1.82, 2.24) is 9.62 Å². The number of rotatable bonds is 5. The molecule has 1 amide bonds. The molecule has 1 N–H and O–H groups in total. The van der Waals surface area contributed by atoms with Gasteiger partial charge in [-0.05, 0) is 61.8 Å². The van der Waals surface area contributed by atoms with Crippen molar-refractivity contribution in [2.45, 2.75) is 50.3 Å². The third-order valence-electron chi connectivity index (χ3n) is 5.08. The lowest BCUT2D eigenvalue weighted by molar-refractivity contribution is -0.126. The van der Waals surface area contributed by atoms with Crippen molar-refractivity contribution in [3.8, 4) is 0 Å². The molecule has 24 heavy (non-hydrogen) atoms. The Bertz CT molecular complexity index is 707. The monoisotopic (exact) mass is 350 g/mol. The fourth-order valence-electron chi connectivity index (χ4n) is 3.61. The van der Waals surface area contributed by atoms with E-state index >= 15 is 0 Å². The predicted molar refractivity (Wildman–Crippen MR) is 93.3 cm³/mol. The Balaban J connectivity index is 1.66. The molecule has 0 saturated carbocycles. The van der Waals surface area contributed by atoms with E-state index in [1.165, 1.54) is 15.4 Å². The first-order valence-corrected chi connectivity index (χ1v) is 10.4. The van der Waals surface area contributed by atoms with Gasteiger partial charge in [-0.2, -0.15) is 4.31 Å². The number of carbonyl (C=O) groups excluding carboxylic acids is 1. The zero-order valence-electron chi connectivity index (χ0n) is 14.3. The van der Waals surface area contributed by atoms with Crippen LogP contribution in [0.25, 0.3) is 0 Å². The molecule has 0 unspecified atom stereocenters. The smallest absolute Gasteiger partial charge is 0.243 e. The average molecular weight is 350 g/mol. The van der Waals surface area contributed by atoms with Gasteiger partial charge in [0.1, 0.15) is 0 Å². The van der Waals surface area contributed by atoms with Crippen LogP contribution in [0.4, 0.5) is 0 Å². The number of piperidine rings is 1. The van der Waals surface area contributed by atoms with Gasteiger partial charge in [0.05, 0.1) is 4.90 Å². The number of benzene rings is 1. The van der Waals surface area contributed by atoms with Gasteiger partial charge in [-0.1, -0.05) is 13.0 Å². The van der Waals surface area contributed by atoms with E-state index in [2.05, 4.69) is 5.32 Å². The second kappa shape index (κ2) is 7.23. The summed E-state index contributed by atoms with van der Waals surface area (Å²) < 4.78 is 27.3. The Morgan fingerprint density at radius 1 is 1.21 bits per heavy atom. The molecule has 3 rings (SSSR count). The highest BCUT2D eigenvalue weighted by Gasteiger charge is 2.32. The summed E-state index contributed by atoms with van der Waals surface area (Å²) in [6.07, 6.45) is 5.24. The summed E-state index contributed by atoms with van der Waals surface area (Å²) in [5.41, 5.74) is 2.45. The van der Waals surface area contributed by atoms with Crippen LogP contribution in [-0.4, -0.2) is 38.3 Å². The number of amides is 1. The van der Waals surface area contributed by atoms with Gasteiger partial charge in [-0.3, -0.25) is 4.79 Å². The minimum atomic E-state index is -3.45. The molecule has 0 atom stereocenters. The maximum Gasteiger partial charge on any atom is 0.243 e. The molecule has 132 valence electrons. The van der Waals surface area contributed by atoms with Gasteiger partial charge in [0, 0.05) is 25.6 Å². The number of hydrogen-bond donors (Lipinski definition) is 1. The van der Waals surface area contributed by atoms with Gasteiger partial charge >= 0.3 is 0 Å². The average Bonchev–Trinajstić information content (AvgIpc) is 3.07. The van der Waals surface area contributed by atoms with E-state index in [0.717, 1.165) is 25.7 Å². The topological polar surface area (TPSA) is 66.5 Å². The molecule has 1 aliphatic carbocycles. The standard InChI is InChI=1S/C18H26N2O3S/c1-2-10-19-18(21)15-8-11-20(12-9-15)24(22,23)17-7-6-14-4-3-5-16(14)13-17/h6-7,13,15H,2-5,8-12H2,1H3,(H,19,21). The van der Waals surface area contributed by atoms with Crippen molar-refractivity contribution < 1.29 is 13.2 Å². The zero-order chi connectivity index (χ0) is 17.2. The highest BCUT2D eigenvalue weighted by Crippen LogP contribution is 2.28. The van der Waals surface area contributed by atoms with E-state index < -0.39 is 10.0 Å². The van der Waals surface area contributed by atoms with Crippen molar-refractivity contribution in [2.24, 2.45) is 5.92 Å². The Morgan fingerprint density at radius 2 is 1.92 bits per heavy atom. The molecule has 0 spiro atoms. The predicted octanol–water partition coefficient (Wildman–Crippen LogP) is 2.10. The van der Waals surface area contributed by atoms with E-state index in [0.29, 0.717) is 37.4 Å². The number of nitrogens with zero attached hydrogens (tertiary/aromatic N) is 1. The van der Waals surface area contributed by atoms with Gasteiger partial charge in [-0.15, -0.1) is 0 Å². The van der Waals surface area contributed by atoms with Gasteiger partial charge in [0.2, 0.25) is 15.9 Å². The fraction of sp³-hybridized carbons (Fsp3) is 0.611. The van der Waals surface area contributed by atoms with Crippen LogP contribution in [0.15, 0.2) is 23.1 Å². The lowest BCUT2D eigenvalue weighted by Crippen LogP contribution is -2.43. The maximum atomic E-state index is 12.9. The SMILES string of the molecule is CCCNC(=O)C1CCN(S(=O)(=O)c2ccc3c(c2)CCC3)CC1. The van der Waals surface area contributed by atoms with E-state index in [1.807, 2.05) is 19.1 Å². The van der Waals surface area contributed by atoms with Crippen molar-refractivity contribution in [2.75, 3.05) is 19.6 Å². The molecule has 1 heterocycles. The Hall–Kier alpha value is -1.40. The van der Waals surface area contributed by atoms with Gasteiger partial charge in [0.25, 0.3) is 0 Å². The highest BCUT2D eigenvalue weighted by atomic mass is 32.2. The summed E-state index contributed by atoms with van der Waals surface area (Å²) in [7, 11) is -3.45. The quantitative estimate of drug-likeness (QED) is 0.884. The summed E-state index contributed by atoms with van der Waals surface area (Å²) in [5.74, 6) is -0.00514. The second-order valence-corrected chi connectivity index (χ2v) is 8.69. The number of sulfonamides is 1. The van der Waals surface area contributed by atoms with Crippen LogP contribution in [0.1, 0.15) is 43.7 Å². The summed E-state index contributed by atoms with van der Waals surface area (Å²) in [4.78, 5) is 12.4. The molecule has 1 saturated heterocycles. The van der Waals surface area contributed by atoms with Gasteiger partial charge in [-0.25, -0.2) is 8.42 Å². The lowest BCUT2D eigenvalue weighted by atomic mass is 9.97. The molecule has 2 aliphatic rings. The minimum Gasteiger partial charge on any atom is -0.356 e. The van der Waals surface area contributed by atoms with Gasteiger partial charge < -0.3 is 5.32 Å². The molecule has 0 radical (unpaired) electrons. The molecule has 1 fully saturated rings. The zero-order valence-corrected chi connectivity index (χ0v) is 15.1. The van der Waals surface area contributed by atoms with E-state index in [4.69, 9.17) is 0 Å². The van der Waals surface area contributed by atoms with Crippen LogP contribution in [0, 0.1) is 5.92 Å². The molecule has 0 bridgehead atoms. The van der Waals surface area contributed by atoms with Crippen LogP contribution in [0.2, 0.25) is 0 Å². The summed E-state index contributed by atoms with van der Waals surface area (Å²) in [6.45, 7) is 3.55. The lowest BCUT2D eigenvalue weighted by Gasteiger charge is -2.30. The van der Waals surface area contributed by atoms with E-state index in [-0.39, 0.29) is 11.8 Å². The van der Waals surface area contributed by atoms with Crippen LogP contribution >= 0.6 is 0 Å². The Labute approximate surface area is 144 Å². The Morgan fingerprint density at radius 3 is 2.62 bits per heavy atom. The Kier molecular flexibility index (Phi) is 5.25. The molecule has 1 aliphatic heterocycles. The molecule has 5 nitrogen and oxygen atoms in total. The van der Waals surface area contributed by atoms with Crippen LogP contribution < -0.4 is 5.32 Å². The van der Waals surface area contributed by atoms with Crippen LogP contribution in [0.3, 0.4) is 0 Å². The first kappa shape index (κ1) is 17.4. The molecular formula is C18H26N2O3S. The third-order valence-corrected chi connectivity index (χ3v) is 6.98. The molecular weight excluding hydrogens is 324 g/mol. The largest absolute Gasteiger partial charge is 0.356 e.